The lowest BCUT2D eigenvalue weighted by molar-refractivity contribution is 0.166. The maximum Gasteiger partial charge on any atom is 0.0666 e. The summed E-state index contributed by atoms with van der Waals surface area (Å²) < 4.78 is 5.18. The quantitative estimate of drug-likeness (QED) is 0.795. The van der Waals surface area contributed by atoms with Gasteiger partial charge in [-0.25, -0.2) is 0 Å². The average Bonchev–Trinajstić information content (AvgIpc) is 2.35. The molecule has 0 spiro atoms. The summed E-state index contributed by atoms with van der Waals surface area (Å²) >= 11 is 0. The van der Waals surface area contributed by atoms with E-state index in [4.69, 9.17) is 10.00 Å². The zero-order chi connectivity index (χ0) is 11.8. The van der Waals surface area contributed by atoms with Gasteiger partial charge in [-0.1, -0.05) is 30.3 Å². The first kappa shape index (κ1) is 12.7. The molecule has 1 N–H and O–H groups in total. The van der Waals surface area contributed by atoms with Crippen molar-refractivity contribution in [2.75, 3.05) is 20.3 Å². The maximum absolute atomic E-state index is 8.73. The molecule has 2 atom stereocenters. The SMILES string of the molecule is COCC(NCC(C)C#N)c1ccccc1. The van der Waals surface area contributed by atoms with Crippen LogP contribution in [0.25, 0.3) is 0 Å². The van der Waals surface area contributed by atoms with Crippen LogP contribution in [0.1, 0.15) is 18.5 Å². The highest BCUT2D eigenvalue weighted by Crippen LogP contribution is 2.12. The van der Waals surface area contributed by atoms with Gasteiger partial charge in [-0.3, -0.25) is 0 Å². The number of ether oxygens (including phenoxy) is 1. The van der Waals surface area contributed by atoms with Crippen LogP contribution in [0.2, 0.25) is 0 Å². The van der Waals surface area contributed by atoms with E-state index < -0.39 is 0 Å². The van der Waals surface area contributed by atoms with Crippen LogP contribution in [-0.4, -0.2) is 20.3 Å². The second-order valence-electron chi connectivity index (χ2n) is 3.86. The number of rotatable bonds is 6. The molecule has 1 rings (SSSR count). The summed E-state index contributed by atoms with van der Waals surface area (Å²) in [6, 6.07) is 12.5. The molecule has 86 valence electrons. The highest BCUT2D eigenvalue weighted by atomic mass is 16.5. The van der Waals surface area contributed by atoms with Gasteiger partial charge in [0.1, 0.15) is 0 Å². The van der Waals surface area contributed by atoms with E-state index in [0.29, 0.717) is 13.2 Å². The van der Waals surface area contributed by atoms with Gasteiger partial charge in [0, 0.05) is 13.7 Å². The van der Waals surface area contributed by atoms with Crippen LogP contribution in [0, 0.1) is 17.2 Å². The Hall–Kier alpha value is -1.37. The molecule has 0 amide bonds. The second kappa shape index (κ2) is 7.00. The number of nitrogens with one attached hydrogen (secondary N) is 1. The van der Waals surface area contributed by atoms with Crippen LogP contribution < -0.4 is 5.32 Å². The fourth-order valence-corrected chi connectivity index (χ4v) is 1.49. The van der Waals surface area contributed by atoms with Crippen LogP contribution in [0.4, 0.5) is 0 Å². The Balaban J connectivity index is 2.58. The number of benzene rings is 1. The smallest absolute Gasteiger partial charge is 0.0666 e. The lowest BCUT2D eigenvalue weighted by Crippen LogP contribution is -2.28. The molecule has 3 heteroatoms. The zero-order valence-electron chi connectivity index (χ0n) is 9.81. The fraction of sp³-hybridized carbons (Fsp3) is 0.462. The van der Waals surface area contributed by atoms with Gasteiger partial charge in [0.15, 0.2) is 0 Å². The Morgan fingerprint density at radius 2 is 2.06 bits per heavy atom. The molecule has 0 aliphatic carbocycles. The molecule has 0 bridgehead atoms. The first-order chi connectivity index (χ1) is 7.77. The highest BCUT2D eigenvalue weighted by molar-refractivity contribution is 5.19. The van der Waals surface area contributed by atoms with Crippen molar-refractivity contribution >= 4 is 0 Å². The third kappa shape index (κ3) is 4.01. The van der Waals surface area contributed by atoms with Gasteiger partial charge in [0.2, 0.25) is 0 Å². The van der Waals surface area contributed by atoms with E-state index in [1.54, 1.807) is 7.11 Å². The highest BCUT2D eigenvalue weighted by Gasteiger charge is 2.11. The molecule has 3 nitrogen and oxygen atoms in total. The summed E-state index contributed by atoms with van der Waals surface area (Å²) in [4.78, 5) is 0. The normalized spacial score (nSPS) is 14.1. The summed E-state index contributed by atoms with van der Waals surface area (Å²) in [5.41, 5.74) is 1.19. The van der Waals surface area contributed by atoms with Crippen molar-refractivity contribution in [2.45, 2.75) is 13.0 Å². The number of nitrogens with zero attached hydrogens (tertiary/aromatic N) is 1. The van der Waals surface area contributed by atoms with Gasteiger partial charge in [-0.05, 0) is 12.5 Å². The zero-order valence-corrected chi connectivity index (χ0v) is 9.81. The molecule has 2 unspecified atom stereocenters. The second-order valence-corrected chi connectivity index (χ2v) is 3.86. The standard InChI is InChI=1S/C13H18N2O/c1-11(8-14)9-15-13(10-16-2)12-6-4-3-5-7-12/h3-7,11,13,15H,9-10H2,1-2H3. The molecule has 0 aromatic heterocycles. The molecular formula is C13H18N2O. The summed E-state index contributed by atoms with van der Waals surface area (Å²) in [6.07, 6.45) is 0. The van der Waals surface area contributed by atoms with Crippen molar-refractivity contribution in [1.82, 2.24) is 5.32 Å². The summed E-state index contributed by atoms with van der Waals surface area (Å²) in [5, 5.41) is 12.1. The van der Waals surface area contributed by atoms with Crippen LogP contribution in [0.15, 0.2) is 30.3 Å². The van der Waals surface area contributed by atoms with Gasteiger partial charge >= 0.3 is 0 Å². The lowest BCUT2D eigenvalue weighted by atomic mass is 10.1. The minimum absolute atomic E-state index is 0.0167. The average molecular weight is 218 g/mol. The number of nitriles is 1. The molecule has 0 aliphatic heterocycles. The Morgan fingerprint density at radius 3 is 2.62 bits per heavy atom. The Labute approximate surface area is 97.0 Å². The van der Waals surface area contributed by atoms with E-state index in [2.05, 4.69) is 23.5 Å². The van der Waals surface area contributed by atoms with Crippen molar-refractivity contribution in [3.8, 4) is 6.07 Å². The summed E-state index contributed by atoms with van der Waals surface area (Å²) in [6.45, 7) is 3.20. The number of methoxy groups -OCH3 is 1. The van der Waals surface area contributed by atoms with Crippen LogP contribution in [-0.2, 0) is 4.74 Å². The van der Waals surface area contributed by atoms with Gasteiger partial charge in [-0.2, -0.15) is 5.26 Å². The first-order valence-electron chi connectivity index (χ1n) is 5.44. The number of hydrogen-bond acceptors (Lipinski definition) is 3. The largest absolute Gasteiger partial charge is 0.383 e. The maximum atomic E-state index is 8.73. The van der Waals surface area contributed by atoms with Crippen molar-refractivity contribution in [3.05, 3.63) is 35.9 Å². The first-order valence-corrected chi connectivity index (χ1v) is 5.44. The van der Waals surface area contributed by atoms with E-state index in [0.717, 1.165) is 0 Å². The third-order valence-electron chi connectivity index (χ3n) is 2.43. The molecule has 0 heterocycles. The lowest BCUT2D eigenvalue weighted by Gasteiger charge is -2.19. The fourth-order valence-electron chi connectivity index (χ4n) is 1.49. The summed E-state index contributed by atoms with van der Waals surface area (Å²) in [5.74, 6) is 0.0167. The van der Waals surface area contributed by atoms with Gasteiger partial charge in [0.05, 0.1) is 24.6 Å². The molecule has 1 aromatic carbocycles. The molecule has 0 radical (unpaired) electrons. The van der Waals surface area contributed by atoms with Crippen molar-refractivity contribution in [1.29, 1.82) is 5.26 Å². The Kier molecular flexibility index (Phi) is 5.55. The Morgan fingerprint density at radius 1 is 1.38 bits per heavy atom. The predicted octanol–water partition coefficient (Wildman–Crippen LogP) is 2.12. The van der Waals surface area contributed by atoms with Gasteiger partial charge in [0.25, 0.3) is 0 Å². The van der Waals surface area contributed by atoms with Crippen molar-refractivity contribution < 1.29 is 4.74 Å². The van der Waals surface area contributed by atoms with E-state index in [1.165, 1.54) is 5.56 Å². The van der Waals surface area contributed by atoms with Crippen molar-refractivity contribution in [3.63, 3.8) is 0 Å². The van der Waals surface area contributed by atoms with Crippen LogP contribution in [0.3, 0.4) is 0 Å². The monoisotopic (exact) mass is 218 g/mol. The molecule has 0 saturated heterocycles. The van der Waals surface area contributed by atoms with E-state index in [1.807, 2.05) is 25.1 Å². The molecular weight excluding hydrogens is 200 g/mol. The molecule has 0 aliphatic rings. The topological polar surface area (TPSA) is 45.0 Å². The van der Waals surface area contributed by atoms with E-state index in [-0.39, 0.29) is 12.0 Å². The molecule has 1 aromatic rings. The minimum Gasteiger partial charge on any atom is -0.383 e. The van der Waals surface area contributed by atoms with Crippen molar-refractivity contribution in [2.24, 2.45) is 5.92 Å². The van der Waals surface area contributed by atoms with Gasteiger partial charge < -0.3 is 10.1 Å². The third-order valence-corrected chi connectivity index (χ3v) is 2.43. The van der Waals surface area contributed by atoms with Crippen LogP contribution >= 0.6 is 0 Å². The van der Waals surface area contributed by atoms with E-state index in [9.17, 15) is 0 Å². The summed E-state index contributed by atoms with van der Waals surface area (Å²) in [7, 11) is 1.69. The van der Waals surface area contributed by atoms with Crippen LogP contribution in [0.5, 0.6) is 0 Å². The van der Waals surface area contributed by atoms with Gasteiger partial charge in [-0.15, -0.1) is 0 Å². The Bertz CT molecular complexity index is 332. The molecule has 16 heavy (non-hydrogen) atoms. The van der Waals surface area contributed by atoms with E-state index >= 15 is 0 Å². The number of hydrogen-bond donors (Lipinski definition) is 1. The molecule has 0 saturated carbocycles. The minimum atomic E-state index is 0.0167. The predicted molar refractivity (Wildman–Crippen MR) is 63.8 cm³/mol. The molecule has 0 fully saturated rings.